The zero-order chi connectivity index (χ0) is 14.9. The molecule has 2 heterocycles. The van der Waals surface area contributed by atoms with Crippen molar-refractivity contribution in [1.29, 1.82) is 0 Å². The van der Waals surface area contributed by atoms with E-state index in [9.17, 15) is 0 Å². The molecular formula is C17H15ClN4. The quantitative estimate of drug-likeness (QED) is 0.736. The lowest BCUT2D eigenvalue weighted by Crippen LogP contribution is -2.04. The minimum Gasteiger partial charge on any atom is -0.261 e. The molecule has 0 saturated heterocycles. The average Bonchev–Trinajstić information content (AvgIpc) is 3.31. The number of hydrogen-bond acceptors (Lipinski definition) is 3. The van der Waals surface area contributed by atoms with E-state index in [1.807, 2.05) is 47.1 Å². The first kappa shape index (κ1) is 13.5. The largest absolute Gasteiger partial charge is 0.261 e. The van der Waals surface area contributed by atoms with Gasteiger partial charge in [-0.3, -0.25) is 4.98 Å². The van der Waals surface area contributed by atoms with Gasteiger partial charge in [-0.2, -0.15) is 5.10 Å². The number of benzene rings is 1. The predicted octanol–water partition coefficient (Wildman–Crippen LogP) is 3.78. The van der Waals surface area contributed by atoms with Gasteiger partial charge in [0, 0.05) is 22.8 Å². The van der Waals surface area contributed by atoms with Gasteiger partial charge >= 0.3 is 0 Å². The van der Waals surface area contributed by atoms with E-state index < -0.39 is 0 Å². The van der Waals surface area contributed by atoms with Gasteiger partial charge in [0.05, 0.1) is 12.1 Å². The van der Waals surface area contributed by atoms with Gasteiger partial charge < -0.3 is 0 Å². The molecule has 110 valence electrons. The molecule has 1 aliphatic carbocycles. The highest BCUT2D eigenvalue weighted by molar-refractivity contribution is 6.30. The molecule has 3 aromatic rings. The van der Waals surface area contributed by atoms with Crippen LogP contribution in [0.2, 0.25) is 5.02 Å². The molecule has 1 saturated carbocycles. The van der Waals surface area contributed by atoms with E-state index in [-0.39, 0.29) is 0 Å². The lowest BCUT2D eigenvalue weighted by molar-refractivity contribution is 0.792. The first-order valence-corrected chi connectivity index (χ1v) is 7.79. The summed E-state index contributed by atoms with van der Waals surface area (Å²) in [5.74, 6) is 2.39. The van der Waals surface area contributed by atoms with Crippen LogP contribution in [0.3, 0.4) is 0 Å². The molecule has 2 aromatic heterocycles. The van der Waals surface area contributed by atoms with E-state index in [4.69, 9.17) is 21.7 Å². The molecule has 0 bridgehead atoms. The van der Waals surface area contributed by atoms with Crippen molar-refractivity contribution in [3.05, 3.63) is 71.0 Å². The summed E-state index contributed by atoms with van der Waals surface area (Å²) in [6.45, 7) is 0. The summed E-state index contributed by atoms with van der Waals surface area (Å²) in [5, 5.41) is 5.42. The van der Waals surface area contributed by atoms with E-state index in [0.29, 0.717) is 12.3 Å². The maximum atomic E-state index is 5.98. The number of rotatable bonds is 4. The van der Waals surface area contributed by atoms with Crippen LogP contribution in [-0.2, 0) is 6.42 Å². The Kier molecular flexibility index (Phi) is 3.39. The van der Waals surface area contributed by atoms with Crippen LogP contribution in [-0.4, -0.2) is 19.7 Å². The highest BCUT2D eigenvalue weighted by Crippen LogP contribution is 2.38. The van der Waals surface area contributed by atoms with Crippen LogP contribution in [0, 0.1) is 0 Å². The fraction of sp³-hybridized carbons (Fsp3) is 0.235. The average molecular weight is 311 g/mol. The lowest BCUT2D eigenvalue weighted by Gasteiger charge is -2.05. The summed E-state index contributed by atoms with van der Waals surface area (Å²) in [7, 11) is 0. The van der Waals surface area contributed by atoms with Gasteiger partial charge in [-0.05, 0) is 49.2 Å². The number of nitrogens with zero attached hydrogens (tertiary/aromatic N) is 4. The van der Waals surface area contributed by atoms with Crippen molar-refractivity contribution in [2.75, 3.05) is 0 Å². The zero-order valence-corrected chi connectivity index (χ0v) is 12.7. The van der Waals surface area contributed by atoms with Gasteiger partial charge in [-0.15, -0.1) is 0 Å². The minimum atomic E-state index is 0.524. The van der Waals surface area contributed by atoms with E-state index in [1.54, 1.807) is 6.20 Å². The monoisotopic (exact) mass is 310 g/mol. The molecule has 22 heavy (non-hydrogen) atoms. The fourth-order valence-corrected chi connectivity index (χ4v) is 2.57. The van der Waals surface area contributed by atoms with Gasteiger partial charge in [0.1, 0.15) is 5.82 Å². The molecule has 1 fully saturated rings. The van der Waals surface area contributed by atoms with Crippen molar-refractivity contribution in [3.8, 4) is 5.69 Å². The van der Waals surface area contributed by atoms with Gasteiger partial charge in [0.15, 0.2) is 5.82 Å². The Labute approximate surface area is 133 Å². The van der Waals surface area contributed by atoms with E-state index in [2.05, 4.69) is 4.98 Å². The third-order valence-electron chi connectivity index (χ3n) is 3.77. The number of hydrogen-bond donors (Lipinski definition) is 0. The normalized spacial score (nSPS) is 14.2. The first-order valence-electron chi connectivity index (χ1n) is 7.41. The van der Waals surface area contributed by atoms with Crippen molar-refractivity contribution >= 4 is 11.6 Å². The van der Waals surface area contributed by atoms with Crippen LogP contribution in [0.15, 0.2) is 48.7 Å². The Bertz CT molecular complexity index is 776. The Morgan fingerprint density at radius 1 is 1.09 bits per heavy atom. The van der Waals surface area contributed by atoms with Crippen LogP contribution in [0.5, 0.6) is 0 Å². The second-order valence-corrected chi connectivity index (χ2v) is 5.98. The van der Waals surface area contributed by atoms with Crippen molar-refractivity contribution < 1.29 is 0 Å². The van der Waals surface area contributed by atoms with Crippen LogP contribution in [0.4, 0.5) is 0 Å². The summed E-state index contributed by atoms with van der Waals surface area (Å²) in [5.41, 5.74) is 1.97. The highest BCUT2D eigenvalue weighted by Gasteiger charge is 2.29. The van der Waals surface area contributed by atoms with Crippen LogP contribution in [0.1, 0.15) is 36.1 Å². The molecule has 0 unspecified atom stereocenters. The van der Waals surface area contributed by atoms with Crippen molar-refractivity contribution in [2.24, 2.45) is 0 Å². The Morgan fingerprint density at radius 2 is 1.91 bits per heavy atom. The molecule has 4 rings (SSSR count). The van der Waals surface area contributed by atoms with E-state index in [0.717, 1.165) is 28.1 Å². The molecule has 0 N–H and O–H groups in total. The smallest absolute Gasteiger partial charge is 0.154 e. The van der Waals surface area contributed by atoms with Crippen molar-refractivity contribution in [1.82, 2.24) is 19.7 Å². The third kappa shape index (κ3) is 2.74. The Morgan fingerprint density at radius 3 is 2.59 bits per heavy atom. The molecule has 0 atom stereocenters. The second kappa shape index (κ2) is 5.54. The molecule has 0 amide bonds. The molecule has 4 nitrogen and oxygen atoms in total. The maximum absolute atomic E-state index is 5.98. The topological polar surface area (TPSA) is 43.6 Å². The Hall–Kier alpha value is -2.20. The Balaban J connectivity index is 1.73. The first-order chi connectivity index (χ1) is 10.8. The molecule has 5 heteroatoms. The second-order valence-electron chi connectivity index (χ2n) is 5.55. The zero-order valence-electron chi connectivity index (χ0n) is 12.0. The summed E-state index contributed by atoms with van der Waals surface area (Å²) < 4.78 is 1.92. The van der Waals surface area contributed by atoms with Crippen LogP contribution >= 0.6 is 11.6 Å². The fourth-order valence-electron chi connectivity index (χ4n) is 2.44. The third-order valence-corrected chi connectivity index (χ3v) is 4.02. The predicted molar refractivity (Wildman–Crippen MR) is 85.4 cm³/mol. The molecule has 1 aliphatic rings. The van der Waals surface area contributed by atoms with Gasteiger partial charge in [-0.25, -0.2) is 9.67 Å². The van der Waals surface area contributed by atoms with Crippen LogP contribution in [0.25, 0.3) is 5.69 Å². The van der Waals surface area contributed by atoms with Crippen molar-refractivity contribution in [3.63, 3.8) is 0 Å². The number of halogens is 1. The maximum Gasteiger partial charge on any atom is 0.154 e. The number of aromatic nitrogens is 4. The minimum absolute atomic E-state index is 0.524. The lowest BCUT2D eigenvalue weighted by atomic mass is 10.2. The summed E-state index contributed by atoms with van der Waals surface area (Å²) in [4.78, 5) is 9.14. The van der Waals surface area contributed by atoms with Crippen LogP contribution < -0.4 is 0 Å². The molecule has 0 radical (unpaired) electrons. The van der Waals surface area contributed by atoms with E-state index in [1.165, 1.54) is 12.8 Å². The molecular weight excluding hydrogens is 296 g/mol. The molecule has 1 aromatic carbocycles. The summed E-state index contributed by atoms with van der Waals surface area (Å²) >= 11 is 5.98. The standard InChI is InChI=1S/C17H15ClN4/c18-13-6-8-15(9-7-13)22-16(11-14-3-1-2-10-19-14)20-17(21-22)12-4-5-12/h1-3,6-10,12H,4-5,11H2. The summed E-state index contributed by atoms with van der Waals surface area (Å²) in [6.07, 6.45) is 4.85. The van der Waals surface area contributed by atoms with Gasteiger partial charge in [0.2, 0.25) is 0 Å². The van der Waals surface area contributed by atoms with Gasteiger partial charge in [0.25, 0.3) is 0 Å². The SMILES string of the molecule is Clc1ccc(-n2nc(C3CC3)nc2Cc2ccccn2)cc1. The van der Waals surface area contributed by atoms with E-state index >= 15 is 0 Å². The number of pyridine rings is 1. The summed E-state index contributed by atoms with van der Waals surface area (Å²) in [6, 6.07) is 13.6. The van der Waals surface area contributed by atoms with Crippen molar-refractivity contribution in [2.45, 2.75) is 25.2 Å². The van der Waals surface area contributed by atoms with Gasteiger partial charge in [-0.1, -0.05) is 17.7 Å². The highest BCUT2D eigenvalue weighted by atomic mass is 35.5. The molecule has 0 aliphatic heterocycles. The molecule has 0 spiro atoms.